The number of fused-ring (bicyclic) bond motifs is 1. The molecule has 2 unspecified atom stereocenters. The summed E-state index contributed by atoms with van der Waals surface area (Å²) in [5.74, 6) is 1.13. The quantitative estimate of drug-likeness (QED) is 0.846. The van der Waals surface area contributed by atoms with E-state index in [2.05, 4.69) is 44.3 Å². The van der Waals surface area contributed by atoms with Crippen molar-refractivity contribution in [1.29, 1.82) is 0 Å². The van der Waals surface area contributed by atoms with Gasteiger partial charge in [0.25, 0.3) is 0 Å². The van der Waals surface area contributed by atoms with Crippen LogP contribution >= 0.6 is 0 Å². The Kier molecular flexibility index (Phi) is 4.26. The molecule has 1 N–H and O–H groups in total. The number of para-hydroxylation sites is 1. The van der Waals surface area contributed by atoms with Crippen LogP contribution in [0, 0.1) is 12.3 Å². The zero-order valence-electron chi connectivity index (χ0n) is 13.7. The first-order valence-corrected chi connectivity index (χ1v) is 8.56. The van der Waals surface area contributed by atoms with Gasteiger partial charge < -0.3 is 10.1 Å². The minimum atomic E-state index is 0.412. The van der Waals surface area contributed by atoms with Crippen LogP contribution in [0.15, 0.2) is 18.2 Å². The third-order valence-electron chi connectivity index (χ3n) is 5.41. The predicted octanol–water partition coefficient (Wildman–Crippen LogP) is 4.77. The molecule has 0 radical (unpaired) electrons. The fraction of sp³-hybridized carbons (Fsp3) is 0.684. The highest BCUT2D eigenvalue weighted by Gasteiger charge is 2.34. The predicted molar refractivity (Wildman–Crippen MR) is 87.8 cm³/mol. The van der Waals surface area contributed by atoms with Crippen LogP contribution in [0.2, 0.25) is 0 Å². The molecule has 1 aromatic carbocycles. The maximum Gasteiger partial charge on any atom is 0.126 e. The van der Waals surface area contributed by atoms with Gasteiger partial charge in [-0.2, -0.15) is 0 Å². The molecular weight excluding hydrogens is 258 g/mol. The normalized spacial score (nSPS) is 28.3. The average molecular weight is 287 g/mol. The average Bonchev–Trinajstić information content (AvgIpc) is 2.65. The number of ether oxygens (including phenoxy) is 1. The molecule has 1 aromatic rings. The topological polar surface area (TPSA) is 21.3 Å². The Morgan fingerprint density at radius 3 is 2.81 bits per heavy atom. The molecular formula is C19H29NO. The highest BCUT2D eigenvalue weighted by molar-refractivity contribution is 5.43. The molecule has 0 spiro atoms. The van der Waals surface area contributed by atoms with Gasteiger partial charge in [-0.1, -0.05) is 44.9 Å². The first-order chi connectivity index (χ1) is 10.1. The fourth-order valence-electron chi connectivity index (χ4n) is 3.98. The van der Waals surface area contributed by atoms with E-state index in [1.807, 2.05) is 0 Å². The van der Waals surface area contributed by atoms with Crippen LogP contribution in [0.4, 0.5) is 0 Å². The third kappa shape index (κ3) is 3.11. The Morgan fingerprint density at radius 2 is 2.00 bits per heavy atom. The molecule has 1 aliphatic carbocycles. The van der Waals surface area contributed by atoms with E-state index >= 15 is 0 Å². The van der Waals surface area contributed by atoms with Crippen LogP contribution in [0.25, 0.3) is 0 Å². The van der Waals surface area contributed by atoms with E-state index in [0.717, 1.165) is 18.8 Å². The second-order valence-corrected chi connectivity index (χ2v) is 7.49. The molecule has 2 nitrogen and oxygen atoms in total. The standard InChI is InChI=1S/C19H29NO/c1-14-8-6-9-15-16(10-7-13-21-18(14)15)20-17-11-4-5-12-19(17,2)3/h6,8-9,16-17,20H,4-5,7,10-13H2,1-3H3. The summed E-state index contributed by atoms with van der Waals surface area (Å²) in [6.45, 7) is 7.86. The number of nitrogens with one attached hydrogen (secondary N) is 1. The van der Waals surface area contributed by atoms with Gasteiger partial charge in [0, 0.05) is 17.6 Å². The van der Waals surface area contributed by atoms with Gasteiger partial charge in [0.2, 0.25) is 0 Å². The van der Waals surface area contributed by atoms with Gasteiger partial charge >= 0.3 is 0 Å². The molecule has 1 aliphatic heterocycles. The molecule has 0 saturated heterocycles. The van der Waals surface area contributed by atoms with E-state index in [-0.39, 0.29) is 0 Å². The van der Waals surface area contributed by atoms with Crippen LogP contribution in [0.1, 0.15) is 69.5 Å². The van der Waals surface area contributed by atoms with Crippen LogP contribution in [-0.4, -0.2) is 12.6 Å². The molecule has 116 valence electrons. The van der Waals surface area contributed by atoms with Crippen molar-refractivity contribution >= 4 is 0 Å². The molecule has 2 atom stereocenters. The molecule has 21 heavy (non-hydrogen) atoms. The number of hydrogen-bond acceptors (Lipinski definition) is 2. The summed E-state index contributed by atoms with van der Waals surface area (Å²) in [4.78, 5) is 0. The molecule has 0 amide bonds. The Balaban J connectivity index is 1.84. The van der Waals surface area contributed by atoms with Crippen LogP contribution in [-0.2, 0) is 0 Å². The number of aryl methyl sites for hydroxylation is 1. The number of hydrogen-bond donors (Lipinski definition) is 1. The zero-order valence-corrected chi connectivity index (χ0v) is 13.7. The molecule has 3 rings (SSSR count). The zero-order chi connectivity index (χ0) is 14.9. The van der Waals surface area contributed by atoms with E-state index in [0.29, 0.717) is 17.5 Å². The lowest BCUT2D eigenvalue weighted by atomic mass is 9.73. The molecule has 0 aromatic heterocycles. The molecule has 0 bridgehead atoms. The van der Waals surface area contributed by atoms with Crippen molar-refractivity contribution in [1.82, 2.24) is 5.32 Å². The highest BCUT2D eigenvalue weighted by atomic mass is 16.5. The van der Waals surface area contributed by atoms with Crippen molar-refractivity contribution < 1.29 is 4.74 Å². The third-order valence-corrected chi connectivity index (χ3v) is 5.41. The van der Waals surface area contributed by atoms with Crippen molar-refractivity contribution in [2.24, 2.45) is 5.41 Å². The molecule has 2 aliphatic rings. The minimum absolute atomic E-state index is 0.412. The van der Waals surface area contributed by atoms with Crippen LogP contribution in [0.3, 0.4) is 0 Å². The van der Waals surface area contributed by atoms with Crippen molar-refractivity contribution in [3.05, 3.63) is 29.3 Å². The Hall–Kier alpha value is -1.02. The van der Waals surface area contributed by atoms with Gasteiger partial charge in [-0.3, -0.25) is 0 Å². The largest absolute Gasteiger partial charge is 0.493 e. The Labute approximate surface area is 129 Å². The van der Waals surface area contributed by atoms with Crippen LogP contribution < -0.4 is 10.1 Å². The van der Waals surface area contributed by atoms with Crippen molar-refractivity contribution in [2.45, 2.75) is 71.4 Å². The van der Waals surface area contributed by atoms with Gasteiger partial charge in [-0.15, -0.1) is 0 Å². The lowest BCUT2D eigenvalue weighted by molar-refractivity contribution is 0.153. The first kappa shape index (κ1) is 14.9. The lowest BCUT2D eigenvalue weighted by Crippen LogP contribution is -2.45. The SMILES string of the molecule is Cc1cccc2c1OCCCC2NC1CCCCC1(C)C. The minimum Gasteiger partial charge on any atom is -0.493 e. The summed E-state index contributed by atoms with van der Waals surface area (Å²) in [6, 6.07) is 7.66. The summed E-state index contributed by atoms with van der Waals surface area (Å²) in [5.41, 5.74) is 3.05. The molecule has 1 saturated carbocycles. The lowest BCUT2D eigenvalue weighted by Gasteiger charge is -2.41. The molecule has 2 heteroatoms. The Bertz CT molecular complexity index is 494. The number of rotatable bonds is 2. The second kappa shape index (κ2) is 6.00. The molecule has 1 heterocycles. The van der Waals surface area contributed by atoms with Gasteiger partial charge in [0.05, 0.1) is 6.61 Å². The van der Waals surface area contributed by atoms with E-state index in [4.69, 9.17) is 4.74 Å². The fourth-order valence-corrected chi connectivity index (χ4v) is 3.98. The Morgan fingerprint density at radius 1 is 1.14 bits per heavy atom. The van der Waals surface area contributed by atoms with Gasteiger partial charge in [0.1, 0.15) is 5.75 Å². The summed E-state index contributed by atoms with van der Waals surface area (Å²) in [7, 11) is 0. The molecule has 1 fully saturated rings. The maximum absolute atomic E-state index is 6.01. The van der Waals surface area contributed by atoms with E-state index in [9.17, 15) is 0 Å². The van der Waals surface area contributed by atoms with Crippen molar-refractivity contribution in [2.75, 3.05) is 6.61 Å². The monoisotopic (exact) mass is 287 g/mol. The summed E-state index contributed by atoms with van der Waals surface area (Å²) >= 11 is 0. The highest BCUT2D eigenvalue weighted by Crippen LogP contribution is 2.39. The van der Waals surface area contributed by atoms with Gasteiger partial charge in [-0.05, 0) is 43.6 Å². The second-order valence-electron chi connectivity index (χ2n) is 7.49. The maximum atomic E-state index is 6.01. The van der Waals surface area contributed by atoms with E-state index in [1.165, 1.54) is 43.2 Å². The smallest absolute Gasteiger partial charge is 0.126 e. The first-order valence-electron chi connectivity index (χ1n) is 8.56. The summed E-state index contributed by atoms with van der Waals surface area (Å²) in [5, 5.41) is 3.99. The van der Waals surface area contributed by atoms with Gasteiger partial charge in [-0.25, -0.2) is 0 Å². The summed E-state index contributed by atoms with van der Waals surface area (Å²) < 4.78 is 6.01. The van der Waals surface area contributed by atoms with E-state index in [1.54, 1.807) is 0 Å². The summed E-state index contributed by atoms with van der Waals surface area (Å²) in [6.07, 6.45) is 7.72. The van der Waals surface area contributed by atoms with Crippen molar-refractivity contribution in [3.8, 4) is 5.75 Å². The van der Waals surface area contributed by atoms with Crippen molar-refractivity contribution in [3.63, 3.8) is 0 Å². The van der Waals surface area contributed by atoms with Crippen LogP contribution in [0.5, 0.6) is 5.75 Å². The number of benzene rings is 1. The van der Waals surface area contributed by atoms with E-state index < -0.39 is 0 Å². The van der Waals surface area contributed by atoms with Gasteiger partial charge in [0.15, 0.2) is 0 Å².